The zero-order valence-corrected chi connectivity index (χ0v) is 35.7. The van der Waals surface area contributed by atoms with E-state index >= 15 is 0 Å². The van der Waals surface area contributed by atoms with Gasteiger partial charge in [-0.1, -0.05) is 55.8 Å². The highest BCUT2D eigenvalue weighted by atomic mass is 79.9. The number of amidine groups is 2. The predicted octanol–water partition coefficient (Wildman–Crippen LogP) is 8.45. The molecule has 5 N–H and O–H groups in total. The van der Waals surface area contributed by atoms with Crippen molar-refractivity contribution in [3.05, 3.63) is 132 Å². The number of alkyl halides is 1. The van der Waals surface area contributed by atoms with Crippen LogP contribution in [0, 0.1) is 11.8 Å². The number of halogens is 1. The standard InChI is InChI=1S/C23H22N4O3.C19H14N4O3.C4H9Br/c1-14(2)11-28-17-4-6-21-19(8-17)23(12-29-22(24)27-23)18-7-15(3-5-20(18)30-21)16-9-25-13-26-10-16;20-18-23-19(9-25-18)14-5-11(12-7-21-10-22-8-12)1-3-16(14)26-17-4-2-13(24)6-15(17)19;1-4(2)3-5/h3-10,13-14H,11-12H2,1-2H3,(H2,24,27);1-8,10,24H,9H2,(H2,20,23);4H,3H2,1-2H3. The third-order valence-corrected chi connectivity index (χ3v) is 11.5. The average Bonchev–Trinajstić information content (AvgIpc) is 3.87. The normalized spacial score (nSPS) is 18.6. The molecule has 0 bridgehead atoms. The summed E-state index contributed by atoms with van der Waals surface area (Å²) in [5, 5.41) is 11.1. The Morgan fingerprint density at radius 1 is 0.607 bits per heavy atom. The Bertz CT molecular complexity index is 2610. The minimum absolute atomic E-state index is 0.112. The van der Waals surface area contributed by atoms with E-state index in [0.29, 0.717) is 36.2 Å². The van der Waals surface area contributed by atoms with Crippen LogP contribution < -0.4 is 25.7 Å². The van der Waals surface area contributed by atoms with Crippen LogP contribution in [0.25, 0.3) is 22.3 Å². The number of rotatable bonds is 6. The van der Waals surface area contributed by atoms with Crippen molar-refractivity contribution >= 4 is 28.0 Å². The van der Waals surface area contributed by atoms with Gasteiger partial charge in [0.25, 0.3) is 12.0 Å². The lowest BCUT2D eigenvalue weighted by Crippen LogP contribution is -2.31. The summed E-state index contributed by atoms with van der Waals surface area (Å²) < 4.78 is 29.4. The molecule has 0 amide bonds. The van der Waals surface area contributed by atoms with Crippen molar-refractivity contribution < 1.29 is 28.8 Å². The molecule has 6 aromatic rings. The van der Waals surface area contributed by atoms with Crippen LogP contribution >= 0.6 is 15.9 Å². The molecular weight excluding hydrogens is 840 g/mol. The SMILES string of the molecule is CC(C)CBr.CC(C)COc1ccc2c(c1)C1(COC(N)=N1)c1cc(-c3cncnc3)ccc1O2.NC1=NC2(CO1)c1cc(O)ccc1Oc1ccc(-c3cncnc3)cc12. The van der Waals surface area contributed by atoms with Gasteiger partial charge in [-0.3, -0.25) is 0 Å². The Hall–Kier alpha value is -6.74. The van der Waals surface area contributed by atoms with Crippen molar-refractivity contribution in [2.24, 2.45) is 33.3 Å². The van der Waals surface area contributed by atoms with Gasteiger partial charge < -0.3 is 40.3 Å². The van der Waals surface area contributed by atoms with Crippen LogP contribution in [0.4, 0.5) is 0 Å². The van der Waals surface area contributed by atoms with Crippen molar-refractivity contribution in [3.63, 3.8) is 0 Å². The molecule has 0 aliphatic carbocycles. The van der Waals surface area contributed by atoms with Gasteiger partial charge in [0.2, 0.25) is 0 Å². The first-order chi connectivity index (χ1) is 29.5. The average molecular weight is 886 g/mol. The highest BCUT2D eigenvalue weighted by molar-refractivity contribution is 9.09. The molecule has 4 aromatic carbocycles. The number of nitrogens with two attached hydrogens (primary N) is 2. The Labute approximate surface area is 361 Å². The number of hydrogen-bond donors (Lipinski definition) is 3. The third-order valence-electron chi connectivity index (χ3n) is 10.2. The van der Waals surface area contributed by atoms with Crippen LogP contribution in [0.1, 0.15) is 49.9 Å². The molecule has 4 aliphatic rings. The first-order valence-electron chi connectivity index (χ1n) is 19.8. The van der Waals surface area contributed by atoms with E-state index < -0.39 is 11.1 Å². The Morgan fingerprint density at radius 2 is 1.03 bits per heavy atom. The van der Waals surface area contributed by atoms with Gasteiger partial charge in [-0.2, -0.15) is 0 Å². The summed E-state index contributed by atoms with van der Waals surface area (Å²) in [5.74, 6) is 4.85. The summed E-state index contributed by atoms with van der Waals surface area (Å²) in [7, 11) is 0. The fourth-order valence-corrected chi connectivity index (χ4v) is 7.29. The van der Waals surface area contributed by atoms with Crippen LogP contribution in [0.15, 0.2) is 120 Å². The van der Waals surface area contributed by atoms with Gasteiger partial charge in [0.15, 0.2) is 11.1 Å². The van der Waals surface area contributed by atoms with Gasteiger partial charge >= 0.3 is 0 Å². The second-order valence-corrected chi connectivity index (χ2v) is 16.3. The summed E-state index contributed by atoms with van der Waals surface area (Å²) >= 11 is 3.31. The van der Waals surface area contributed by atoms with Gasteiger partial charge in [0, 0.05) is 63.5 Å². The molecule has 0 fully saturated rings. The number of benzene rings is 4. The summed E-state index contributed by atoms with van der Waals surface area (Å²) in [4.78, 5) is 25.7. The molecule has 312 valence electrons. The molecule has 2 aromatic heterocycles. The molecule has 15 heteroatoms. The zero-order chi connectivity index (χ0) is 42.7. The molecule has 61 heavy (non-hydrogen) atoms. The monoisotopic (exact) mass is 884 g/mol. The van der Waals surface area contributed by atoms with Gasteiger partial charge in [-0.05, 0) is 83.6 Å². The van der Waals surface area contributed by atoms with Crippen LogP contribution in [0.3, 0.4) is 0 Å². The van der Waals surface area contributed by atoms with Crippen molar-refractivity contribution in [2.45, 2.75) is 38.8 Å². The summed E-state index contributed by atoms with van der Waals surface area (Å²) in [5.41, 5.74) is 17.1. The number of aromatic nitrogens is 4. The fourth-order valence-electron chi connectivity index (χ4n) is 7.29. The maximum atomic E-state index is 9.99. The molecule has 4 aliphatic heterocycles. The van der Waals surface area contributed by atoms with E-state index in [9.17, 15) is 5.11 Å². The van der Waals surface area contributed by atoms with E-state index in [1.165, 1.54) is 12.7 Å². The second-order valence-electron chi connectivity index (χ2n) is 15.7. The largest absolute Gasteiger partial charge is 0.508 e. The fraction of sp³-hybridized carbons (Fsp3) is 0.261. The minimum Gasteiger partial charge on any atom is -0.508 e. The Kier molecular flexibility index (Phi) is 11.5. The number of phenols is 1. The predicted molar refractivity (Wildman–Crippen MR) is 235 cm³/mol. The number of phenolic OH excluding ortho intramolecular Hbond substituents is 1. The summed E-state index contributed by atoms with van der Waals surface area (Å²) in [6.45, 7) is 9.74. The van der Waals surface area contributed by atoms with E-state index in [1.54, 1.807) is 43.0 Å². The van der Waals surface area contributed by atoms with Crippen LogP contribution in [-0.2, 0) is 20.6 Å². The number of hydrogen-bond acceptors (Lipinski definition) is 14. The quantitative estimate of drug-likeness (QED) is 0.135. The molecule has 14 nitrogen and oxygen atoms in total. The third kappa shape index (κ3) is 8.25. The number of ether oxygens (including phenoxy) is 5. The molecule has 0 saturated carbocycles. The van der Waals surface area contributed by atoms with Crippen molar-refractivity contribution in [1.82, 2.24) is 19.9 Å². The summed E-state index contributed by atoms with van der Waals surface area (Å²) in [6.07, 6.45) is 10.0. The lowest BCUT2D eigenvalue weighted by molar-refractivity contribution is 0.258. The Balaban J connectivity index is 0.000000153. The lowest BCUT2D eigenvalue weighted by Gasteiger charge is -2.34. The number of fused-ring (bicyclic) bond motifs is 8. The molecule has 2 spiro atoms. The van der Waals surface area contributed by atoms with Gasteiger partial charge in [-0.15, -0.1) is 0 Å². The Morgan fingerprint density at radius 3 is 1.46 bits per heavy atom. The van der Waals surface area contributed by atoms with Gasteiger partial charge in [0.05, 0.1) is 6.61 Å². The second kappa shape index (κ2) is 17.1. The number of aromatic hydroxyl groups is 1. The molecule has 2 atom stereocenters. The maximum absolute atomic E-state index is 9.99. The van der Waals surface area contributed by atoms with Crippen molar-refractivity contribution in [3.8, 4) is 56.8 Å². The topological polar surface area (TPSA) is 195 Å². The minimum atomic E-state index is -0.864. The molecule has 0 saturated heterocycles. The number of aliphatic imine (C=N–C) groups is 2. The van der Waals surface area contributed by atoms with Crippen molar-refractivity contribution in [2.75, 3.05) is 25.2 Å². The van der Waals surface area contributed by atoms with Gasteiger partial charge in [0.1, 0.15) is 60.4 Å². The first kappa shape index (κ1) is 41.0. The molecule has 6 heterocycles. The van der Waals surface area contributed by atoms with Crippen LogP contribution in [-0.4, -0.2) is 62.2 Å². The molecule has 0 radical (unpaired) electrons. The highest BCUT2D eigenvalue weighted by Gasteiger charge is 2.48. The highest BCUT2D eigenvalue weighted by Crippen LogP contribution is 2.54. The van der Waals surface area contributed by atoms with E-state index in [1.807, 2.05) is 54.6 Å². The van der Waals surface area contributed by atoms with E-state index in [-0.39, 0.29) is 24.4 Å². The number of nitrogens with zero attached hydrogens (tertiary/aromatic N) is 6. The van der Waals surface area contributed by atoms with Crippen LogP contribution in [0.2, 0.25) is 0 Å². The van der Waals surface area contributed by atoms with E-state index in [4.69, 9.17) is 40.1 Å². The van der Waals surface area contributed by atoms with Crippen molar-refractivity contribution in [1.29, 1.82) is 0 Å². The van der Waals surface area contributed by atoms with E-state index in [0.717, 1.165) is 67.4 Å². The molecular formula is C46H45BrN8O6. The summed E-state index contributed by atoms with van der Waals surface area (Å²) in [6, 6.07) is 22.8. The van der Waals surface area contributed by atoms with Gasteiger partial charge in [-0.25, -0.2) is 29.9 Å². The van der Waals surface area contributed by atoms with Crippen LogP contribution in [0.5, 0.6) is 34.5 Å². The smallest absolute Gasteiger partial charge is 0.283 e. The lowest BCUT2D eigenvalue weighted by atomic mass is 9.80. The molecule has 10 rings (SSSR count). The first-order valence-corrected chi connectivity index (χ1v) is 20.9. The van der Waals surface area contributed by atoms with E-state index in [2.05, 4.69) is 68.6 Å². The molecule has 2 unspecified atom stereocenters. The zero-order valence-electron chi connectivity index (χ0n) is 34.1. The maximum Gasteiger partial charge on any atom is 0.283 e.